The standard InChI is InChI=1S/C13H10F3NO3/c1-6(11-2-3-12(20-11)13(18)19)17-10-5-8(15)7(14)4-9(10)16/h2-6,17H,1H3,(H,18,19). The highest BCUT2D eigenvalue weighted by molar-refractivity contribution is 5.84. The maximum Gasteiger partial charge on any atom is 0.371 e. The summed E-state index contributed by atoms with van der Waals surface area (Å²) in [5, 5.41) is 11.3. The summed E-state index contributed by atoms with van der Waals surface area (Å²) in [5.41, 5.74) is -0.246. The molecule has 0 spiro atoms. The number of aromatic carboxylic acids is 1. The van der Waals surface area contributed by atoms with E-state index in [1.165, 1.54) is 12.1 Å². The quantitative estimate of drug-likeness (QED) is 0.843. The molecule has 106 valence electrons. The van der Waals surface area contributed by atoms with E-state index in [4.69, 9.17) is 9.52 Å². The number of benzene rings is 1. The van der Waals surface area contributed by atoms with Gasteiger partial charge >= 0.3 is 5.97 Å². The van der Waals surface area contributed by atoms with Crippen LogP contribution in [0.15, 0.2) is 28.7 Å². The number of carboxylic acid groups (broad SMARTS) is 1. The van der Waals surface area contributed by atoms with Gasteiger partial charge in [0.05, 0.1) is 11.7 Å². The van der Waals surface area contributed by atoms with Crippen molar-refractivity contribution in [3.05, 3.63) is 53.2 Å². The van der Waals surface area contributed by atoms with Gasteiger partial charge in [0.25, 0.3) is 0 Å². The normalized spacial score (nSPS) is 12.2. The van der Waals surface area contributed by atoms with Crippen molar-refractivity contribution in [1.29, 1.82) is 0 Å². The van der Waals surface area contributed by atoms with Gasteiger partial charge in [-0.05, 0) is 19.1 Å². The van der Waals surface area contributed by atoms with Gasteiger partial charge in [-0.1, -0.05) is 0 Å². The van der Waals surface area contributed by atoms with Crippen molar-refractivity contribution in [1.82, 2.24) is 0 Å². The fourth-order valence-electron chi connectivity index (χ4n) is 1.64. The average Bonchev–Trinajstić information content (AvgIpc) is 2.85. The number of hydrogen-bond acceptors (Lipinski definition) is 3. The predicted octanol–water partition coefficient (Wildman–Crippen LogP) is 3.57. The van der Waals surface area contributed by atoms with Crippen LogP contribution in [-0.4, -0.2) is 11.1 Å². The molecular formula is C13H10F3NO3. The predicted molar refractivity (Wildman–Crippen MR) is 64.0 cm³/mol. The van der Waals surface area contributed by atoms with Gasteiger partial charge in [0.15, 0.2) is 11.6 Å². The van der Waals surface area contributed by atoms with Gasteiger partial charge in [-0.2, -0.15) is 0 Å². The Morgan fingerprint density at radius 3 is 2.45 bits per heavy atom. The van der Waals surface area contributed by atoms with Gasteiger partial charge in [0, 0.05) is 12.1 Å². The molecule has 0 aliphatic heterocycles. The maximum atomic E-state index is 13.4. The van der Waals surface area contributed by atoms with Crippen LogP contribution in [0.2, 0.25) is 0 Å². The molecule has 1 aromatic carbocycles. The highest BCUT2D eigenvalue weighted by Crippen LogP contribution is 2.25. The van der Waals surface area contributed by atoms with Crippen LogP contribution in [0.5, 0.6) is 0 Å². The molecule has 1 unspecified atom stereocenters. The van der Waals surface area contributed by atoms with E-state index in [0.29, 0.717) is 12.1 Å². The first-order valence-electron chi connectivity index (χ1n) is 5.62. The van der Waals surface area contributed by atoms with Gasteiger partial charge in [0.1, 0.15) is 11.6 Å². The molecule has 0 aliphatic rings. The number of anilines is 1. The third-order valence-electron chi connectivity index (χ3n) is 2.65. The van der Waals surface area contributed by atoms with Gasteiger partial charge in [-0.25, -0.2) is 18.0 Å². The van der Waals surface area contributed by atoms with E-state index in [1.54, 1.807) is 6.92 Å². The summed E-state index contributed by atoms with van der Waals surface area (Å²) >= 11 is 0. The molecule has 0 radical (unpaired) electrons. The number of rotatable bonds is 4. The minimum absolute atomic E-state index is 0.228. The second-order valence-corrected chi connectivity index (χ2v) is 4.12. The molecule has 0 aliphatic carbocycles. The Bertz CT molecular complexity index is 654. The molecule has 4 nitrogen and oxygen atoms in total. The molecule has 2 aromatic rings. The monoisotopic (exact) mass is 285 g/mol. The van der Waals surface area contributed by atoms with E-state index < -0.39 is 29.5 Å². The second kappa shape index (κ2) is 5.28. The van der Waals surface area contributed by atoms with Crippen LogP contribution in [-0.2, 0) is 0 Å². The van der Waals surface area contributed by atoms with Crippen LogP contribution in [0.25, 0.3) is 0 Å². The summed E-state index contributed by atoms with van der Waals surface area (Å²) < 4.78 is 44.3. The lowest BCUT2D eigenvalue weighted by molar-refractivity contribution is 0.0660. The molecule has 0 amide bonds. The zero-order chi connectivity index (χ0) is 14.9. The van der Waals surface area contributed by atoms with Crippen molar-refractivity contribution in [2.75, 3.05) is 5.32 Å². The number of carbonyl (C=O) groups is 1. The number of nitrogens with one attached hydrogen (secondary N) is 1. The van der Waals surface area contributed by atoms with Crippen LogP contribution < -0.4 is 5.32 Å². The van der Waals surface area contributed by atoms with Gasteiger partial charge in [-0.3, -0.25) is 0 Å². The summed E-state index contributed by atoms with van der Waals surface area (Å²) in [5.74, 6) is -4.70. The first-order chi connectivity index (χ1) is 9.38. The van der Waals surface area contributed by atoms with E-state index in [9.17, 15) is 18.0 Å². The van der Waals surface area contributed by atoms with Crippen LogP contribution in [0, 0.1) is 17.5 Å². The minimum Gasteiger partial charge on any atom is -0.475 e. The van der Waals surface area contributed by atoms with Gasteiger partial charge < -0.3 is 14.8 Å². The van der Waals surface area contributed by atoms with Gasteiger partial charge in [-0.15, -0.1) is 0 Å². The Hall–Kier alpha value is -2.44. The van der Waals surface area contributed by atoms with E-state index >= 15 is 0 Å². The minimum atomic E-state index is -1.29. The molecule has 2 rings (SSSR count). The lowest BCUT2D eigenvalue weighted by Crippen LogP contribution is -2.08. The molecular weight excluding hydrogens is 275 g/mol. The maximum absolute atomic E-state index is 13.4. The van der Waals surface area contributed by atoms with Crippen molar-refractivity contribution >= 4 is 11.7 Å². The molecule has 20 heavy (non-hydrogen) atoms. The van der Waals surface area contributed by atoms with E-state index in [2.05, 4.69) is 5.32 Å². The van der Waals surface area contributed by atoms with Crippen molar-refractivity contribution < 1.29 is 27.5 Å². The molecule has 0 saturated carbocycles. The second-order valence-electron chi connectivity index (χ2n) is 4.12. The van der Waals surface area contributed by atoms with Crippen molar-refractivity contribution in [3.63, 3.8) is 0 Å². The lowest BCUT2D eigenvalue weighted by atomic mass is 10.2. The van der Waals surface area contributed by atoms with Crippen molar-refractivity contribution in [3.8, 4) is 0 Å². The first-order valence-corrected chi connectivity index (χ1v) is 5.62. The van der Waals surface area contributed by atoms with Crippen LogP contribution in [0.1, 0.15) is 29.3 Å². The summed E-state index contributed by atoms with van der Waals surface area (Å²) in [6.07, 6.45) is 0. The summed E-state index contributed by atoms with van der Waals surface area (Å²) in [7, 11) is 0. The molecule has 1 atom stereocenters. The largest absolute Gasteiger partial charge is 0.475 e. The van der Waals surface area contributed by atoms with Crippen LogP contribution in [0.4, 0.5) is 18.9 Å². The fourth-order valence-corrected chi connectivity index (χ4v) is 1.64. The summed E-state index contributed by atoms with van der Waals surface area (Å²) in [6.45, 7) is 1.56. The molecule has 2 N–H and O–H groups in total. The fraction of sp³-hybridized carbons (Fsp3) is 0.154. The molecule has 7 heteroatoms. The topological polar surface area (TPSA) is 62.5 Å². The molecule has 1 aromatic heterocycles. The number of halogens is 3. The summed E-state index contributed by atoms with van der Waals surface area (Å²) in [4.78, 5) is 10.7. The Morgan fingerprint density at radius 2 is 1.85 bits per heavy atom. The third-order valence-corrected chi connectivity index (χ3v) is 2.65. The Labute approximate surface area is 111 Å². The van der Waals surface area contributed by atoms with Gasteiger partial charge in [0.2, 0.25) is 5.76 Å². The van der Waals surface area contributed by atoms with Crippen LogP contribution >= 0.6 is 0 Å². The zero-order valence-electron chi connectivity index (χ0n) is 10.3. The van der Waals surface area contributed by atoms with E-state index in [0.717, 1.165) is 0 Å². The number of furan rings is 1. The average molecular weight is 285 g/mol. The number of hydrogen-bond donors (Lipinski definition) is 2. The van der Waals surface area contributed by atoms with E-state index in [-0.39, 0.29) is 17.2 Å². The highest BCUT2D eigenvalue weighted by Gasteiger charge is 2.17. The number of carboxylic acids is 1. The smallest absolute Gasteiger partial charge is 0.371 e. The Kier molecular flexibility index (Phi) is 3.69. The summed E-state index contributed by atoms with van der Waals surface area (Å²) in [6, 6.07) is 3.13. The van der Waals surface area contributed by atoms with Crippen LogP contribution in [0.3, 0.4) is 0 Å². The molecule has 0 bridgehead atoms. The first kappa shape index (κ1) is 14.0. The molecule has 0 fully saturated rings. The third kappa shape index (κ3) is 2.76. The van der Waals surface area contributed by atoms with Crippen molar-refractivity contribution in [2.45, 2.75) is 13.0 Å². The van der Waals surface area contributed by atoms with Crippen molar-refractivity contribution in [2.24, 2.45) is 0 Å². The SMILES string of the molecule is CC(Nc1cc(F)c(F)cc1F)c1ccc(C(=O)O)o1. The molecule has 0 saturated heterocycles. The lowest BCUT2D eigenvalue weighted by Gasteiger charge is -2.13. The molecule has 1 heterocycles. The highest BCUT2D eigenvalue weighted by atomic mass is 19.2. The Morgan fingerprint density at radius 1 is 1.20 bits per heavy atom. The Balaban J connectivity index is 2.20. The zero-order valence-corrected chi connectivity index (χ0v) is 10.3. The van der Waals surface area contributed by atoms with E-state index in [1.807, 2.05) is 0 Å².